The summed E-state index contributed by atoms with van der Waals surface area (Å²) in [5.41, 5.74) is 4.87. The van der Waals surface area contributed by atoms with Crippen LogP contribution in [0.25, 0.3) is 0 Å². The molecule has 1 saturated heterocycles. The molecule has 0 radical (unpaired) electrons. The van der Waals surface area contributed by atoms with Gasteiger partial charge in [0.25, 0.3) is 0 Å². The molecule has 1 aliphatic rings. The maximum Gasteiger partial charge on any atom is 0.237 e. The maximum atomic E-state index is 11.6. The van der Waals surface area contributed by atoms with E-state index in [9.17, 15) is 4.79 Å². The van der Waals surface area contributed by atoms with Crippen molar-refractivity contribution in [2.45, 2.75) is 51.1 Å². The highest BCUT2D eigenvalue weighted by molar-refractivity contribution is 5.84. The largest absolute Gasteiger partial charge is 0.381 e. The van der Waals surface area contributed by atoms with Crippen LogP contribution in [0.15, 0.2) is 0 Å². The van der Waals surface area contributed by atoms with E-state index in [-0.39, 0.29) is 11.4 Å². The molecule has 15 heavy (non-hydrogen) atoms. The summed E-state index contributed by atoms with van der Waals surface area (Å²) < 4.78 is 5.28. The number of nitrogens with two attached hydrogens (primary N) is 1. The Morgan fingerprint density at radius 2 is 2.00 bits per heavy atom. The Morgan fingerprint density at radius 3 is 2.40 bits per heavy atom. The molecule has 88 valence electrons. The van der Waals surface area contributed by atoms with Crippen LogP contribution in [0, 0.1) is 0 Å². The highest BCUT2D eigenvalue weighted by atomic mass is 16.5. The fourth-order valence-electron chi connectivity index (χ4n) is 1.89. The van der Waals surface area contributed by atoms with Gasteiger partial charge < -0.3 is 10.5 Å². The van der Waals surface area contributed by atoms with Gasteiger partial charge in [0.05, 0.1) is 0 Å². The second-order valence-corrected chi connectivity index (χ2v) is 4.92. The molecule has 0 atom stereocenters. The zero-order valence-electron chi connectivity index (χ0n) is 9.93. The lowest BCUT2D eigenvalue weighted by molar-refractivity contribution is -0.129. The van der Waals surface area contributed by atoms with Crippen LogP contribution in [-0.2, 0) is 9.53 Å². The third kappa shape index (κ3) is 2.92. The Balaban J connectivity index is 2.77. The number of nitrogens with one attached hydrogen (secondary N) is 1. The minimum atomic E-state index is -0.572. The van der Waals surface area contributed by atoms with E-state index < -0.39 is 5.54 Å². The maximum absolute atomic E-state index is 11.6. The van der Waals surface area contributed by atoms with Gasteiger partial charge in [0.2, 0.25) is 5.91 Å². The minimum absolute atomic E-state index is 0.0631. The molecule has 4 heteroatoms. The predicted molar refractivity (Wildman–Crippen MR) is 59.5 cm³/mol. The third-order valence-electron chi connectivity index (χ3n) is 3.28. The molecular weight excluding hydrogens is 192 g/mol. The summed E-state index contributed by atoms with van der Waals surface area (Å²) in [4.78, 5) is 11.6. The van der Waals surface area contributed by atoms with Crippen LogP contribution in [-0.4, -0.2) is 30.2 Å². The van der Waals surface area contributed by atoms with Crippen LogP contribution in [0.3, 0.4) is 0 Å². The molecule has 0 aromatic heterocycles. The van der Waals surface area contributed by atoms with E-state index in [4.69, 9.17) is 10.5 Å². The summed E-state index contributed by atoms with van der Waals surface area (Å²) in [5, 5.41) is 3.40. The Bertz CT molecular complexity index is 233. The molecule has 4 nitrogen and oxygen atoms in total. The average Bonchev–Trinajstić information content (AvgIpc) is 2.18. The zero-order valence-corrected chi connectivity index (χ0v) is 9.93. The van der Waals surface area contributed by atoms with Crippen LogP contribution in [0.1, 0.15) is 40.0 Å². The molecule has 0 saturated carbocycles. The fraction of sp³-hybridized carbons (Fsp3) is 0.909. The van der Waals surface area contributed by atoms with Crippen molar-refractivity contribution in [3.8, 4) is 0 Å². The first-order valence-corrected chi connectivity index (χ1v) is 5.59. The van der Waals surface area contributed by atoms with Gasteiger partial charge in [0, 0.05) is 18.8 Å². The summed E-state index contributed by atoms with van der Waals surface area (Å²) in [6.45, 7) is 7.49. The average molecular weight is 214 g/mol. The molecule has 1 amide bonds. The van der Waals surface area contributed by atoms with Crippen LogP contribution in [0.2, 0.25) is 0 Å². The minimum Gasteiger partial charge on any atom is -0.381 e. The molecule has 1 rings (SSSR count). The molecule has 1 fully saturated rings. The number of amides is 1. The fourth-order valence-corrected chi connectivity index (χ4v) is 1.89. The van der Waals surface area contributed by atoms with E-state index in [2.05, 4.69) is 26.1 Å². The van der Waals surface area contributed by atoms with Gasteiger partial charge in [0.1, 0.15) is 5.54 Å². The van der Waals surface area contributed by atoms with Gasteiger partial charge in [-0.05, 0) is 33.1 Å². The molecule has 0 aromatic carbocycles. The standard InChI is InChI=1S/C11H22N2O2/c1-4-10(2,3)13-11(9(12)14)5-7-15-8-6-11/h13H,4-8H2,1-3H3,(H2,12,14). The monoisotopic (exact) mass is 214 g/mol. The first-order chi connectivity index (χ1) is 6.92. The van der Waals surface area contributed by atoms with Crippen LogP contribution < -0.4 is 11.1 Å². The van der Waals surface area contributed by atoms with E-state index in [1.54, 1.807) is 0 Å². The Labute approximate surface area is 91.5 Å². The first-order valence-electron chi connectivity index (χ1n) is 5.59. The smallest absolute Gasteiger partial charge is 0.237 e. The summed E-state index contributed by atoms with van der Waals surface area (Å²) in [7, 11) is 0. The Morgan fingerprint density at radius 1 is 1.47 bits per heavy atom. The van der Waals surface area contributed by atoms with E-state index in [0.717, 1.165) is 6.42 Å². The van der Waals surface area contributed by atoms with E-state index in [1.165, 1.54) is 0 Å². The number of primary amides is 1. The Kier molecular flexibility index (Phi) is 3.73. The van der Waals surface area contributed by atoms with Gasteiger partial charge >= 0.3 is 0 Å². The first kappa shape index (κ1) is 12.5. The van der Waals surface area contributed by atoms with Crippen molar-refractivity contribution in [2.75, 3.05) is 13.2 Å². The van der Waals surface area contributed by atoms with Crippen molar-refractivity contribution >= 4 is 5.91 Å². The number of ether oxygens (including phenoxy) is 1. The molecule has 0 unspecified atom stereocenters. The topological polar surface area (TPSA) is 64.3 Å². The Hall–Kier alpha value is -0.610. The van der Waals surface area contributed by atoms with E-state index in [0.29, 0.717) is 26.1 Å². The lowest BCUT2D eigenvalue weighted by Gasteiger charge is -2.41. The van der Waals surface area contributed by atoms with Crippen molar-refractivity contribution in [2.24, 2.45) is 5.73 Å². The number of carbonyl (C=O) groups excluding carboxylic acids is 1. The second kappa shape index (κ2) is 4.49. The second-order valence-electron chi connectivity index (χ2n) is 4.92. The number of hydrogen-bond donors (Lipinski definition) is 2. The number of hydrogen-bond acceptors (Lipinski definition) is 3. The van der Waals surface area contributed by atoms with Crippen molar-refractivity contribution in [1.82, 2.24) is 5.32 Å². The van der Waals surface area contributed by atoms with Crippen LogP contribution in [0.4, 0.5) is 0 Å². The summed E-state index contributed by atoms with van der Waals surface area (Å²) in [6.07, 6.45) is 2.31. The van der Waals surface area contributed by atoms with Crippen LogP contribution in [0.5, 0.6) is 0 Å². The molecular formula is C11H22N2O2. The van der Waals surface area contributed by atoms with Crippen LogP contribution >= 0.6 is 0 Å². The van der Waals surface area contributed by atoms with Crippen molar-refractivity contribution in [3.63, 3.8) is 0 Å². The molecule has 1 aliphatic heterocycles. The summed E-state index contributed by atoms with van der Waals surface area (Å²) in [6, 6.07) is 0. The number of carbonyl (C=O) groups is 1. The van der Waals surface area contributed by atoms with Gasteiger partial charge in [0.15, 0.2) is 0 Å². The highest BCUT2D eigenvalue weighted by Crippen LogP contribution is 2.24. The van der Waals surface area contributed by atoms with Gasteiger partial charge in [-0.15, -0.1) is 0 Å². The van der Waals surface area contributed by atoms with Crippen molar-refractivity contribution < 1.29 is 9.53 Å². The number of rotatable bonds is 4. The predicted octanol–water partition coefficient (Wildman–Crippen LogP) is 0.799. The molecule has 0 bridgehead atoms. The van der Waals surface area contributed by atoms with Gasteiger partial charge in [-0.3, -0.25) is 10.1 Å². The van der Waals surface area contributed by atoms with Crippen molar-refractivity contribution in [3.05, 3.63) is 0 Å². The summed E-state index contributed by atoms with van der Waals surface area (Å²) >= 11 is 0. The van der Waals surface area contributed by atoms with Crippen molar-refractivity contribution in [1.29, 1.82) is 0 Å². The molecule has 0 aliphatic carbocycles. The molecule has 0 spiro atoms. The summed E-state index contributed by atoms with van der Waals surface area (Å²) in [5.74, 6) is -0.257. The SMILES string of the molecule is CCC(C)(C)NC1(C(N)=O)CCOCC1. The van der Waals surface area contributed by atoms with Gasteiger partial charge in [-0.25, -0.2) is 0 Å². The molecule has 0 aromatic rings. The lowest BCUT2D eigenvalue weighted by Crippen LogP contribution is -2.64. The van der Waals surface area contributed by atoms with E-state index >= 15 is 0 Å². The highest BCUT2D eigenvalue weighted by Gasteiger charge is 2.41. The molecule has 1 heterocycles. The molecule has 3 N–H and O–H groups in total. The van der Waals surface area contributed by atoms with Gasteiger partial charge in [-0.1, -0.05) is 6.92 Å². The third-order valence-corrected chi connectivity index (χ3v) is 3.28. The normalized spacial score (nSPS) is 21.3. The zero-order chi connectivity index (χ0) is 11.5. The lowest BCUT2D eigenvalue weighted by atomic mass is 9.85. The quantitative estimate of drug-likeness (QED) is 0.727. The van der Waals surface area contributed by atoms with E-state index in [1.807, 2.05) is 0 Å². The van der Waals surface area contributed by atoms with Gasteiger partial charge in [-0.2, -0.15) is 0 Å².